The van der Waals surface area contributed by atoms with E-state index in [0.29, 0.717) is 23.1 Å². The molecule has 3 aliphatic rings. The van der Waals surface area contributed by atoms with Crippen LogP contribution in [0.3, 0.4) is 0 Å². The predicted octanol–water partition coefficient (Wildman–Crippen LogP) is 5.25. The number of aromatic nitrogens is 3. The van der Waals surface area contributed by atoms with Crippen molar-refractivity contribution in [3.8, 4) is 0 Å². The van der Waals surface area contributed by atoms with Crippen molar-refractivity contribution in [1.29, 1.82) is 0 Å². The van der Waals surface area contributed by atoms with Crippen LogP contribution in [0.15, 0.2) is 61.2 Å². The molecule has 46 heavy (non-hydrogen) atoms. The number of nitrogens with zero attached hydrogens (tertiary/aromatic N) is 6. The molecule has 2 aliphatic heterocycles. The number of anilines is 1. The van der Waals surface area contributed by atoms with E-state index in [1.165, 1.54) is 4.90 Å². The number of carbonyl (C=O) groups is 2. The van der Waals surface area contributed by atoms with Crippen LogP contribution < -0.4 is 10.2 Å². The van der Waals surface area contributed by atoms with E-state index in [0.717, 1.165) is 50.5 Å². The van der Waals surface area contributed by atoms with Crippen molar-refractivity contribution >= 4 is 17.5 Å². The molecule has 1 saturated carbocycles. The summed E-state index contributed by atoms with van der Waals surface area (Å²) >= 11 is 0. The van der Waals surface area contributed by atoms with Gasteiger partial charge >= 0.3 is 6.18 Å². The number of hydrogen-bond acceptors (Lipinski definition) is 6. The van der Waals surface area contributed by atoms with E-state index < -0.39 is 11.7 Å². The van der Waals surface area contributed by atoms with E-state index in [1.54, 1.807) is 42.5 Å². The zero-order valence-electron chi connectivity index (χ0n) is 27.2. The number of likely N-dealkylation sites (tertiary alicyclic amines) is 1. The van der Waals surface area contributed by atoms with Crippen LogP contribution in [0.5, 0.6) is 0 Å². The van der Waals surface area contributed by atoms with Crippen molar-refractivity contribution in [2.45, 2.75) is 51.4 Å². The fourth-order valence-corrected chi connectivity index (χ4v) is 5.62. The zero-order valence-corrected chi connectivity index (χ0v) is 27.2. The third-order valence-electron chi connectivity index (χ3n) is 8.25. The first-order valence-electron chi connectivity index (χ1n) is 15.6. The maximum absolute atomic E-state index is 13.6. The normalized spacial score (nSPS) is 18.8. The SMILES string of the molecule is CN(C)C/C=C/C(=O)N1CCC1.CNCc1cc2c(c(C(F)(F)F)c1)CN(c1cccc(C3CC(C)C3)c1)C2=O.Cn1cnnc1. The number of benzene rings is 2. The average Bonchev–Trinajstić information content (AvgIpc) is 3.56. The number of halogens is 3. The highest BCUT2D eigenvalue weighted by Gasteiger charge is 2.40. The molecule has 1 saturated heterocycles. The molecule has 1 aliphatic carbocycles. The fraction of sp³-hybridized carbons (Fsp3) is 0.471. The first kappa shape index (κ1) is 34.8. The van der Waals surface area contributed by atoms with E-state index in [1.807, 2.05) is 55.2 Å². The van der Waals surface area contributed by atoms with Gasteiger partial charge in [-0.2, -0.15) is 13.2 Å². The molecule has 2 fully saturated rings. The highest BCUT2D eigenvalue weighted by Crippen LogP contribution is 2.43. The lowest BCUT2D eigenvalue weighted by atomic mass is 9.72. The first-order chi connectivity index (χ1) is 21.9. The third-order valence-corrected chi connectivity index (χ3v) is 8.25. The Kier molecular flexibility index (Phi) is 11.7. The number of fused-ring (bicyclic) bond motifs is 1. The summed E-state index contributed by atoms with van der Waals surface area (Å²) in [4.78, 5) is 29.6. The Bertz CT molecular complexity index is 1490. The van der Waals surface area contributed by atoms with Crippen molar-refractivity contribution in [2.24, 2.45) is 13.0 Å². The monoisotopic (exact) mass is 639 g/mol. The predicted molar refractivity (Wildman–Crippen MR) is 172 cm³/mol. The summed E-state index contributed by atoms with van der Waals surface area (Å²) in [6.45, 7) is 5.14. The minimum Gasteiger partial charge on any atom is -0.339 e. The summed E-state index contributed by atoms with van der Waals surface area (Å²) in [6.07, 6.45) is 5.74. The van der Waals surface area contributed by atoms with Crippen LogP contribution >= 0.6 is 0 Å². The van der Waals surface area contributed by atoms with Gasteiger partial charge < -0.3 is 24.6 Å². The minimum absolute atomic E-state index is 0.0482. The van der Waals surface area contributed by atoms with E-state index >= 15 is 0 Å². The molecule has 1 aromatic heterocycles. The van der Waals surface area contributed by atoms with E-state index in [9.17, 15) is 22.8 Å². The number of aryl methyl sites for hydroxylation is 1. The van der Waals surface area contributed by atoms with Gasteiger partial charge in [-0.25, -0.2) is 0 Å². The summed E-state index contributed by atoms with van der Waals surface area (Å²) in [6, 6.07) is 10.4. The maximum Gasteiger partial charge on any atom is 0.416 e. The Balaban J connectivity index is 0.000000218. The summed E-state index contributed by atoms with van der Waals surface area (Å²) in [7, 11) is 7.51. The first-order valence-corrected chi connectivity index (χ1v) is 15.6. The molecule has 0 unspecified atom stereocenters. The lowest BCUT2D eigenvalue weighted by Crippen LogP contribution is -2.41. The van der Waals surface area contributed by atoms with E-state index in [-0.39, 0.29) is 36.0 Å². The number of hydrogen-bond donors (Lipinski definition) is 1. The molecule has 3 aromatic rings. The smallest absolute Gasteiger partial charge is 0.339 e. The van der Waals surface area contributed by atoms with E-state index in [4.69, 9.17) is 0 Å². The number of nitrogens with one attached hydrogen (secondary N) is 1. The van der Waals surface area contributed by atoms with Gasteiger partial charge in [-0.3, -0.25) is 9.59 Å². The number of rotatable bonds is 7. The van der Waals surface area contributed by atoms with Crippen molar-refractivity contribution in [3.05, 3.63) is 89.0 Å². The molecule has 12 heteroatoms. The molecule has 0 bridgehead atoms. The Morgan fingerprint density at radius 3 is 2.33 bits per heavy atom. The second-order valence-electron chi connectivity index (χ2n) is 12.4. The van der Waals surface area contributed by atoms with Gasteiger partial charge in [0.2, 0.25) is 5.91 Å². The van der Waals surface area contributed by atoms with Gasteiger partial charge in [0.1, 0.15) is 12.7 Å². The van der Waals surface area contributed by atoms with Crippen LogP contribution in [0.4, 0.5) is 18.9 Å². The lowest BCUT2D eigenvalue weighted by Gasteiger charge is -2.33. The third kappa shape index (κ3) is 9.03. The highest BCUT2D eigenvalue weighted by molar-refractivity contribution is 6.10. The van der Waals surface area contributed by atoms with Gasteiger partial charge in [-0.15, -0.1) is 10.2 Å². The average molecular weight is 640 g/mol. The number of alkyl halides is 3. The lowest BCUT2D eigenvalue weighted by molar-refractivity contribution is -0.138. The van der Waals surface area contributed by atoms with Gasteiger partial charge in [0.25, 0.3) is 5.91 Å². The molecular formula is C34H44F3N7O2. The van der Waals surface area contributed by atoms with Gasteiger partial charge in [0.15, 0.2) is 0 Å². The summed E-state index contributed by atoms with van der Waals surface area (Å²) in [5.74, 6) is 0.968. The molecule has 0 spiro atoms. The summed E-state index contributed by atoms with van der Waals surface area (Å²) in [5.41, 5.74) is 1.80. The molecule has 6 rings (SSSR count). The number of carbonyl (C=O) groups excluding carboxylic acids is 2. The molecule has 0 radical (unpaired) electrons. The van der Waals surface area contributed by atoms with Gasteiger partial charge in [-0.1, -0.05) is 25.1 Å². The van der Waals surface area contributed by atoms with Crippen molar-refractivity contribution in [2.75, 3.05) is 45.7 Å². The standard InChI is InChI=1S/C22H23F3N2O.C9H16N2O.C3H5N3/c1-13-6-16(7-13)15-4-3-5-17(10-15)27-12-19-18(21(27)28)8-14(11-26-2)9-20(19)22(23,24)25;1-10(2)6-3-5-9(12)11-7-4-8-11;1-6-2-4-5-3-6/h3-5,8-10,13,16,26H,6-7,11-12H2,1-2H3;3,5H,4,6-8H2,1-2H3;2-3H,1H3/b;5-3+;. The topological polar surface area (TPSA) is 86.6 Å². The Labute approximate surface area is 269 Å². The molecule has 3 heterocycles. The van der Waals surface area contributed by atoms with Crippen molar-refractivity contribution in [1.82, 2.24) is 29.9 Å². The molecular weight excluding hydrogens is 595 g/mol. The van der Waals surface area contributed by atoms with E-state index in [2.05, 4.69) is 22.4 Å². The van der Waals surface area contributed by atoms with Crippen LogP contribution in [-0.4, -0.2) is 77.2 Å². The molecule has 2 amide bonds. The molecule has 2 aromatic carbocycles. The molecule has 9 nitrogen and oxygen atoms in total. The second kappa shape index (κ2) is 15.5. The van der Waals surface area contributed by atoms with Crippen LogP contribution in [0.2, 0.25) is 0 Å². The second-order valence-corrected chi connectivity index (χ2v) is 12.4. The summed E-state index contributed by atoms with van der Waals surface area (Å²) in [5, 5.41) is 9.93. The van der Waals surface area contributed by atoms with Crippen LogP contribution in [0.1, 0.15) is 64.7 Å². The van der Waals surface area contributed by atoms with Crippen molar-refractivity contribution < 1.29 is 22.8 Å². The Morgan fingerprint density at radius 2 is 1.80 bits per heavy atom. The minimum atomic E-state index is -4.49. The van der Waals surface area contributed by atoms with Gasteiger partial charge in [0, 0.05) is 50.6 Å². The van der Waals surface area contributed by atoms with Gasteiger partial charge in [0.05, 0.1) is 12.1 Å². The largest absolute Gasteiger partial charge is 0.416 e. The molecule has 248 valence electrons. The fourth-order valence-electron chi connectivity index (χ4n) is 5.62. The van der Waals surface area contributed by atoms with Crippen LogP contribution in [0.25, 0.3) is 0 Å². The summed E-state index contributed by atoms with van der Waals surface area (Å²) < 4.78 is 42.7. The maximum atomic E-state index is 13.6. The Morgan fingerprint density at radius 1 is 1.11 bits per heavy atom. The number of likely N-dealkylation sites (N-methyl/N-ethyl adjacent to an activating group) is 1. The van der Waals surface area contributed by atoms with Crippen LogP contribution in [-0.2, 0) is 31.1 Å². The zero-order chi connectivity index (χ0) is 33.4. The quantitative estimate of drug-likeness (QED) is 0.356. The highest BCUT2D eigenvalue weighted by atomic mass is 19.4. The molecule has 1 N–H and O–H groups in total. The molecule has 0 atom stereocenters. The van der Waals surface area contributed by atoms with Gasteiger partial charge in [-0.05, 0) is 93.2 Å². The van der Waals surface area contributed by atoms with Crippen molar-refractivity contribution in [3.63, 3.8) is 0 Å². The number of amides is 2. The Hall–Kier alpha value is -4.03. The van der Waals surface area contributed by atoms with Crippen LogP contribution in [0, 0.1) is 5.92 Å².